The lowest BCUT2D eigenvalue weighted by Gasteiger charge is -2.23. The first-order valence-electron chi connectivity index (χ1n) is 5.69. The van der Waals surface area contributed by atoms with Gasteiger partial charge in [0.25, 0.3) is 0 Å². The quantitative estimate of drug-likeness (QED) is 0.856. The summed E-state index contributed by atoms with van der Waals surface area (Å²) in [6, 6.07) is 6.21. The Morgan fingerprint density at radius 3 is 2.71 bits per heavy atom. The van der Waals surface area contributed by atoms with Gasteiger partial charge in [0.05, 0.1) is 6.10 Å². The van der Waals surface area contributed by atoms with Crippen LogP contribution in [0.1, 0.15) is 38.4 Å². The lowest BCUT2D eigenvalue weighted by Crippen LogP contribution is -2.40. The van der Waals surface area contributed by atoms with Gasteiger partial charge in [-0.1, -0.05) is 12.1 Å². The Morgan fingerprint density at radius 2 is 2.18 bits per heavy atom. The van der Waals surface area contributed by atoms with E-state index in [0.717, 1.165) is 12.8 Å². The number of aliphatic hydroxyl groups excluding tert-OH is 1. The molecule has 0 amide bonds. The molecule has 1 aliphatic heterocycles. The summed E-state index contributed by atoms with van der Waals surface area (Å²) in [5.41, 5.74) is 0.717. The summed E-state index contributed by atoms with van der Waals surface area (Å²) in [4.78, 5) is 0. The molecule has 96 valence electrons. The second kappa shape index (κ2) is 5.34. The molecule has 0 unspecified atom stereocenters. The Morgan fingerprint density at radius 1 is 1.47 bits per heavy atom. The van der Waals surface area contributed by atoms with E-state index in [1.807, 2.05) is 0 Å². The highest BCUT2D eigenvalue weighted by Crippen LogP contribution is 2.30. The first kappa shape index (κ1) is 14.4. The lowest BCUT2D eigenvalue weighted by molar-refractivity contribution is 0.131. The van der Waals surface area contributed by atoms with E-state index in [0.29, 0.717) is 5.56 Å². The van der Waals surface area contributed by atoms with E-state index in [1.54, 1.807) is 12.1 Å². The molecule has 1 aromatic rings. The predicted molar refractivity (Wildman–Crippen MR) is 68.8 cm³/mol. The molecule has 0 saturated carbocycles. The molecule has 4 heteroatoms. The van der Waals surface area contributed by atoms with Gasteiger partial charge in [-0.3, -0.25) is 0 Å². The molecule has 1 aliphatic rings. The lowest BCUT2D eigenvalue weighted by atomic mass is 10.00. The summed E-state index contributed by atoms with van der Waals surface area (Å²) < 4.78 is 13.0. The van der Waals surface area contributed by atoms with Gasteiger partial charge in [0.15, 0.2) is 0 Å². The maximum absolute atomic E-state index is 13.0. The van der Waals surface area contributed by atoms with Crippen LogP contribution >= 0.6 is 12.4 Å². The van der Waals surface area contributed by atoms with Crippen molar-refractivity contribution in [1.82, 2.24) is 5.32 Å². The zero-order valence-electron chi connectivity index (χ0n) is 10.1. The summed E-state index contributed by atoms with van der Waals surface area (Å²) in [7, 11) is 0. The molecule has 0 radical (unpaired) electrons. The van der Waals surface area contributed by atoms with E-state index >= 15 is 0 Å². The van der Waals surface area contributed by atoms with Crippen LogP contribution in [0.3, 0.4) is 0 Å². The third-order valence-corrected chi connectivity index (χ3v) is 3.23. The van der Waals surface area contributed by atoms with Gasteiger partial charge in [-0.25, -0.2) is 4.39 Å². The first-order valence-corrected chi connectivity index (χ1v) is 5.69. The summed E-state index contributed by atoms with van der Waals surface area (Å²) >= 11 is 0. The second-order valence-electron chi connectivity index (χ2n) is 5.17. The van der Waals surface area contributed by atoms with Gasteiger partial charge in [-0.15, -0.1) is 12.4 Å². The Bertz CT molecular complexity index is 383. The second-order valence-corrected chi connectivity index (χ2v) is 5.17. The highest BCUT2D eigenvalue weighted by molar-refractivity contribution is 5.85. The van der Waals surface area contributed by atoms with Crippen LogP contribution in [0.5, 0.6) is 0 Å². The van der Waals surface area contributed by atoms with Crippen LogP contribution in [0.15, 0.2) is 24.3 Å². The standard InChI is InChI=1S/C13H18FNO.ClH/c1-13(2)7-6-11(15-13)12(16)9-4-3-5-10(14)8-9;/h3-5,8,11-12,15-16H,6-7H2,1-2H3;1H/t11-,12-;/m0./s1. The Balaban J connectivity index is 0.00000144. The fraction of sp³-hybridized carbons (Fsp3) is 0.538. The fourth-order valence-corrected chi connectivity index (χ4v) is 2.32. The summed E-state index contributed by atoms with van der Waals surface area (Å²) in [5.74, 6) is -0.297. The van der Waals surface area contributed by atoms with Crippen LogP contribution in [0.4, 0.5) is 4.39 Å². The van der Waals surface area contributed by atoms with Crippen molar-refractivity contribution < 1.29 is 9.50 Å². The Kier molecular flexibility index (Phi) is 4.53. The van der Waals surface area contributed by atoms with Crippen LogP contribution in [0, 0.1) is 5.82 Å². The molecule has 0 aliphatic carbocycles. The van der Waals surface area contributed by atoms with Crippen LogP contribution in [-0.4, -0.2) is 16.7 Å². The molecule has 1 aromatic carbocycles. The minimum absolute atomic E-state index is 0. The van der Waals surface area contributed by atoms with Gasteiger partial charge in [0.2, 0.25) is 0 Å². The van der Waals surface area contributed by atoms with Crippen molar-refractivity contribution in [2.24, 2.45) is 0 Å². The minimum Gasteiger partial charge on any atom is -0.387 e. The van der Waals surface area contributed by atoms with Gasteiger partial charge in [-0.2, -0.15) is 0 Å². The molecule has 2 atom stereocenters. The molecule has 2 rings (SSSR count). The average Bonchev–Trinajstić information content (AvgIpc) is 2.58. The molecule has 1 fully saturated rings. The maximum Gasteiger partial charge on any atom is 0.123 e. The molecule has 0 spiro atoms. The molecule has 1 heterocycles. The van der Waals surface area contributed by atoms with E-state index in [9.17, 15) is 9.50 Å². The highest BCUT2D eigenvalue weighted by atomic mass is 35.5. The van der Waals surface area contributed by atoms with Crippen LogP contribution in [-0.2, 0) is 0 Å². The summed E-state index contributed by atoms with van der Waals surface area (Å²) in [6.45, 7) is 4.23. The Labute approximate surface area is 108 Å². The zero-order valence-corrected chi connectivity index (χ0v) is 10.9. The monoisotopic (exact) mass is 259 g/mol. The van der Waals surface area contributed by atoms with Crippen molar-refractivity contribution in [2.45, 2.75) is 44.4 Å². The zero-order chi connectivity index (χ0) is 11.8. The first-order chi connectivity index (χ1) is 7.48. The van der Waals surface area contributed by atoms with E-state index in [1.165, 1.54) is 12.1 Å². The van der Waals surface area contributed by atoms with E-state index in [-0.39, 0.29) is 29.8 Å². The van der Waals surface area contributed by atoms with Crippen molar-refractivity contribution in [2.75, 3.05) is 0 Å². The molecule has 2 N–H and O–H groups in total. The number of halogens is 2. The van der Waals surface area contributed by atoms with E-state index < -0.39 is 6.10 Å². The maximum atomic E-state index is 13.0. The van der Waals surface area contributed by atoms with Crippen molar-refractivity contribution in [3.05, 3.63) is 35.6 Å². The molecular weight excluding hydrogens is 241 g/mol. The summed E-state index contributed by atoms with van der Waals surface area (Å²) in [5, 5.41) is 13.5. The third-order valence-electron chi connectivity index (χ3n) is 3.23. The topological polar surface area (TPSA) is 32.3 Å². The number of aliphatic hydroxyl groups is 1. The largest absolute Gasteiger partial charge is 0.387 e. The number of rotatable bonds is 2. The number of benzene rings is 1. The van der Waals surface area contributed by atoms with Crippen LogP contribution < -0.4 is 5.32 Å². The van der Waals surface area contributed by atoms with Crippen molar-refractivity contribution in [3.8, 4) is 0 Å². The molecule has 17 heavy (non-hydrogen) atoms. The third kappa shape index (κ3) is 3.41. The normalized spacial score (nSPS) is 24.1. The Hall–Kier alpha value is -0.640. The highest BCUT2D eigenvalue weighted by Gasteiger charge is 2.34. The number of hydrogen-bond donors (Lipinski definition) is 2. The molecular formula is C13H19ClFNO. The van der Waals surface area contributed by atoms with Gasteiger partial charge in [-0.05, 0) is 44.4 Å². The van der Waals surface area contributed by atoms with E-state index in [2.05, 4.69) is 19.2 Å². The molecule has 2 nitrogen and oxygen atoms in total. The van der Waals surface area contributed by atoms with Crippen molar-refractivity contribution >= 4 is 12.4 Å². The molecule has 1 saturated heterocycles. The number of hydrogen-bond acceptors (Lipinski definition) is 2. The van der Waals surface area contributed by atoms with Crippen molar-refractivity contribution in [3.63, 3.8) is 0 Å². The van der Waals surface area contributed by atoms with Gasteiger partial charge in [0, 0.05) is 11.6 Å². The summed E-state index contributed by atoms with van der Waals surface area (Å²) in [6.07, 6.45) is 1.33. The minimum atomic E-state index is -0.627. The van der Waals surface area contributed by atoms with E-state index in [4.69, 9.17) is 0 Å². The van der Waals surface area contributed by atoms with Gasteiger partial charge in [0.1, 0.15) is 5.82 Å². The predicted octanol–water partition coefficient (Wildman–Crippen LogP) is 2.81. The fourth-order valence-electron chi connectivity index (χ4n) is 2.32. The van der Waals surface area contributed by atoms with Crippen LogP contribution in [0.25, 0.3) is 0 Å². The van der Waals surface area contributed by atoms with Gasteiger partial charge < -0.3 is 10.4 Å². The van der Waals surface area contributed by atoms with Crippen LogP contribution in [0.2, 0.25) is 0 Å². The average molecular weight is 260 g/mol. The van der Waals surface area contributed by atoms with Crippen molar-refractivity contribution in [1.29, 1.82) is 0 Å². The SMILES string of the molecule is CC1(C)CC[C@@H]([C@@H](O)c2cccc(F)c2)N1.Cl. The van der Waals surface area contributed by atoms with Gasteiger partial charge >= 0.3 is 0 Å². The smallest absolute Gasteiger partial charge is 0.123 e. The molecule has 0 bridgehead atoms. The number of nitrogens with one attached hydrogen (secondary N) is 1. The molecule has 0 aromatic heterocycles.